The van der Waals surface area contributed by atoms with Crippen molar-refractivity contribution in [3.63, 3.8) is 0 Å². The van der Waals surface area contributed by atoms with Crippen molar-refractivity contribution in [1.29, 1.82) is 0 Å². The molecule has 1 saturated heterocycles. The van der Waals surface area contributed by atoms with E-state index < -0.39 is 193 Å². The lowest BCUT2D eigenvalue weighted by Crippen LogP contribution is -2.82. The van der Waals surface area contributed by atoms with Crippen molar-refractivity contribution in [3.8, 4) is 0 Å². The molecule has 1 aliphatic heterocycles. The lowest BCUT2D eigenvalue weighted by molar-refractivity contribution is -0.346. The van der Waals surface area contributed by atoms with Gasteiger partial charge in [-0.2, -0.15) is 0 Å². The van der Waals surface area contributed by atoms with Crippen LogP contribution in [0.2, 0.25) is 0 Å². The zero-order valence-electron chi connectivity index (χ0n) is 74.2. The highest BCUT2D eigenvalue weighted by atomic mass is 16.7. The third-order valence-corrected chi connectivity index (χ3v) is 22.2. The molecule has 6 amide bonds. The Morgan fingerprint density at radius 1 is 0.558 bits per heavy atom. The Bertz CT molecular complexity index is 4320. The second-order valence-corrected chi connectivity index (χ2v) is 31.6. The van der Waals surface area contributed by atoms with Gasteiger partial charge >= 0.3 is 30.0 Å². The summed E-state index contributed by atoms with van der Waals surface area (Å²) in [5.41, 5.74) is -2.52. The fourth-order valence-electron chi connectivity index (χ4n) is 15.4. The molecule has 4 aromatic carbocycles. The van der Waals surface area contributed by atoms with Crippen LogP contribution in [-0.4, -0.2) is 313 Å². The number of ketones is 1. The molecule has 0 spiro atoms. The summed E-state index contributed by atoms with van der Waals surface area (Å²) in [6, 6.07) is 23.2. The summed E-state index contributed by atoms with van der Waals surface area (Å²) in [6.07, 6.45) is -14.0. The van der Waals surface area contributed by atoms with Crippen molar-refractivity contribution in [2.45, 2.75) is 153 Å². The number of hydrogen-bond donors (Lipinski definition) is 8. The van der Waals surface area contributed by atoms with Gasteiger partial charge in [0, 0.05) is 50.5 Å². The predicted octanol–water partition coefficient (Wildman–Crippen LogP) is 3.23. The summed E-state index contributed by atoms with van der Waals surface area (Å²) in [5.74, 6) is -11.9. The minimum Gasteiger partial charge on any atom is -0.455 e. The van der Waals surface area contributed by atoms with Gasteiger partial charge in [-0.05, 0) is 86.4 Å². The van der Waals surface area contributed by atoms with Crippen LogP contribution in [0.4, 0.5) is 10.5 Å². The largest absolute Gasteiger partial charge is 0.509 e. The molecule has 710 valence electrons. The van der Waals surface area contributed by atoms with Crippen LogP contribution in [0.25, 0.3) is 0 Å². The summed E-state index contributed by atoms with van der Waals surface area (Å²) < 4.78 is 108. The smallest absolute Gasteiger partial charge is 0.455 e. The Kier molecular flexibility index (Phi) is 42.3. The maximum atomic E-state index is 16.0. The van der Waals surface area contributed by atoms with Gasteiger partial charge < -0.3 is 133 Å². The lowest BCUT2D eigenvalue weighted by atomic mass is 9.44. The molecule has 14 atom stereocenters. The highest BCUT2D eigenvalue weighted by Gasteiger charge is 2.78. The van der Waals surface area contributed by atoms with Crippen LogP contribution in [-0.2, 0) is 140 Å². The minimum atomic E-state index is -2.59. The number of hydrogen-bond acceptors (Lipinski definition) is 33. The van der Waals surface area contributed by atoms with E-state index in [9.17, 15) is 58.2 Å². The van der Waals surface area contributed by atoms with Crippen LogP contribution >= 0.6 is 0 Å². The number of nitrogens with two attached hydrogens (primary N) is 1. The average molecular weight is 1820 g/mol. The zero-order chi connectivity index (χ0) is 93.5. The number of nitrogens with one attached hydrogen (secondary N) is 5. The van der Waals surface area contributed by atoms with E-state index >= 15 is 9.59 Å². The van der Waals surface area contributed by atoms with Crippen LogP contribution in [0.5, 0.6) is 0 Å². The molecule has 9 N–H and O–H groups in total. The Balaban J connectivity index is 0.795. The van der Waals surface area contributed by atoms with Crippen LogP contribution in [0.1, 0.15) is 113 Å². The Labute approximate surface area is 748 Å². The minimum absolute atomic E-state index is 0.0194. The van der Waals surface area contributed by atoms with Crippen molar-refractivity contribution >= 4 is 76.9 Å². The maximum Gasteiger partial charge on any atom is 0.509 e. The summed E-state index contributed by atoms with van der Waals surface area (Å²) >= 11 is 0. The average Bonchev–Trinajstić information content (AvgIpc) is 0.667. The van der Waals surface area contributed by atoms with Crippen molar-refractivity contribution in [2.24, 2.45) is 22.5 Å². The van der Waals surface area contributed by atoms with Gasteiger partial charge in [0.1, 0.15) is 61.3 Å². The number of primary amides is 1. The van der Waals surface area contributed by atoms with Gasteiger partial charge in [-0.1, -0.05) is 92.7 Å². The number of carbonyl (C=O) groups is 12. The van der Waals surface area contributed by atoms with E-state index in [0.29, 0.717) is 119 Å². The van der Waals surface area contributed by atoms with E-state index in [0.717, 1.165) is 13.8 Å². The monoisotopic (exact) mass is 1810 g/mol. The number of fused-ring (bicyclic) bond motifs is 5. The van der Waals surface area contributed by atoms with Crippen molar-refractivity contribution in [1.82, 2.24) is 21.3 Å². The van der Waals surface area contributed by atoms with E-state index in [1.807, 2.05) is 0 Å². The number of anilines is 1. The van der Waals surface area contributed by atoms with Gasteiger partial charge in [0.25, 0.3) is 5.91 Å². The molecule has 39 heteroatoms. The third kappa shape index (κ3) is 30.4. The number of ether oxygens (including phenoxy) is 19. The first kappa shape index (κ1) is 104. The van der Waals surface area contributed by atoms with E-state index in [4.69, 9.17) is 95.7 Å². The van der Waals surface area contributed by atoms with Crippen LogP contribution in [0.3, 0.4) is 0 Å². The SMILES string of the molecule is COCCOCCOCCOCCOCCOCCOCCOCCOCCOCCOCCOCC(=O)N[C@H](C)C(=O)N[C@H](C)C(=O)N[C@H](CC(N)=O)C(=O)Nc1ccc(COC(=O)O[C@@H](C(=O)OC2C[C@@]3(O)[C@@H](OC(=O)c4ccccc4)[C@H]4[C@](C)(C(=O)[C@H](OC(C)=O)C(=C2C)C3(C)C)[C@@H](O)CC2OC[C@]24OC(C)=O)[C@@H](NC(=O)c2ccccc2)c2ccccc2)cc1. The van der Waals surface area contributed by atoms with Crippen molar-refractivity contribution < 1.29 is 158 Å². The fraction of sp³-hybridized carbons (Fsp3) is 0.578. The highest BCUT2D eigenvalue weighted by Crippen LogP contribution is 2.64. The van der Waals surface area contributed by atoms with Gasteiger partial charge in [0.15, 0.2) is 17.5 Å². The third-order valence-electron chi connectivity index (χ3n) is 22.2. The van der Waals surface area contributed by atoms with Gasteiger partial charge in [-0.25, -0.2) is 14.4 Å². The molecule has 3 aliphatic carbocycles. The molecule has 2 unspecified atom stereocenters. The first-order valence-corrected chi connectivity index (χ1v) is 42.6. The topological polar surface area (TPSA) is 507 Å². The molecule has 3 fully saturated rings. The second kappa shape index (κ2) is 52.5. The number of carbonyl (C=O) groups excluding carboxylic acids is 12. The molecule has 129 heavy (non-hydrogen) atoms. The van der Waals surface area contributed by atoms with Gasteiger partial charge in [0.2, 0.25) is 35.6 Å². The molecule has 0 aromatic heterocycles. The number of Topliss-reactive ketones (excluding diaryl/α,β-unsaturated/α-hetero) is 1. The number of methoxy groups -OCH3 is 1. The van der Waals surface area contributed by atoms with E-state index in [1.165, 1.54) is 102 Å². The number of amides is 6. The number of aliphatic hydroxyl groups is 2. The van der Waals surface area contributed by atoms with E-state index in [-0.39, 0.29) is 71.9 Å². The Morgan fingerprint density at radius 2 is 1.03 bits per heavy atom. The summed E-state index contributed by atoms with van der Waals surface area (Å²) in [4.78, 5) is 167. The van der Waals surface area contributed by atoms with Crippen LogP contribution < -0.4 is 32.3 Å². The molecule has 4 aromatic rings. The number of benzene rings is 4. The first-order chi connectivity index (χ1) is 61.9. The van der Waals surface area contributed by atoms with Gasteiger partial charge in [-0.15, -0.1) is 0 Å². The predicted molar refractivity (Wildman–Crippen MR) is 454 cm³/mol. The molecule has 8 rings (SSSR count). The molecule has 4 aliphatic rings. The molecule has 1 heterocycles. The summed E-state index contributed by atoms with van der Waals surface area (Å²) in [7, 11) is 1.62. The molecular weight excluding hydrogens is 1690 g/mol. The molecule has 0 radical (unpaired) electrons. The Hall–Kier alpha value is -10.3. The quantitative estimate of drug-likeness (QED) is 0.0136. The maximum absolute atomic E-state index is 16.0. The Morgan fingerprint density at radius 3 is 1.50 bits per heavy atom. The van der Waals surface area contributed by atoms with Crippen molar-refractivity contribution in [3.05, 3.63) is 149 Å². The van der Waals surface area contributed by atoms with Crippen LogP contribution in [0.15, 0.2) is 126 Å². The number of rotatable bonds is 57. The van der Waals surface area contributed by atoms with Crippen LogP contribution in [0, 0.1) is 16.7 Å². The second-order valence-electron chi connectivity index (χ2n) is 31.6. The lowest BCUT2D eigenvalue weighted by Gasteiger charge is -2.67. The van der Waals surface area contributed by atoms with E-state index in [1.54, 1.807) is 61.7 Å². The number of esters is 4. The summed E-state index contributed by atoms with van der Waals surface area (Å²) in [5, 5.41) is 39.2. The molecular formula is C90H122N6O33. The molecule has 39 nitrogen and oxygen atoms in total. The van der Waals surface area contributed by atoms with Gasteiger partial charge in [0.05, 0.1) is 181 Å². The van der Waals surface area contributed by atoms with Gasteiger partial charge in [-0.3, -0.25) is 43.2 Å². The fourth-order valence-corrected chi connectivity index (χ4v) is 15.4. The summed E-state index contributed by atoms with van der Waals surface area (Å²) in [6.45, 7) is 17.9. The molecule has 2 saturated carbocycles. The van der Waals surface area contributed by atoms with E-state index in [2.05, 4.69) is 26.6 Å². The van der Waals surface area contributed by atoms with Crippen molar-refractivity contribution in [2.75, 3.05) is 171 Å². The normalized spacial score (nSPS) is 21.9. The highest BCUT2D eigenvalue weighted by molar-refractivity contribution is 6.01. The zero-order valence-corrected chi connectivity index (χ0v) is 74.2. The first-order valence-electron chi connectivity index (χ1n) is 42.6. The number of aliphatic hydroxyl groups excluding tert-OH is 1. The molecule has 2 bridgehead atoms. The standard InChI is InChI=1S/C90H122N6O33/c1-57-68(53-90(110)79(128-84(107)65-23-17-12-18-24-65)77-88(8,69(99)52-70-89(77,56-124-70)129-61(5)98)78(102)75(125-60(4)97)73(57)87(90,6)7)126-85(108)76(74(63-19-13-10-14-20-63)96-82(105)64-21-15-11-16-22-64)127-86(109)123-54-62-25-27-66(28-26-62)94-83(106)67(51-71(91)100)95-81(104)59(3)93-80(103)58(2)92-72(101)55-122-50-49-121-48-47-120-46-45-119-44-43-118-42-41-117-40-39-116-38-37-115-36-35-114-34-33-113-32-31-112-30-29-111-9/h10-28,58-59,67-70,74-77,79,99,110H,29-56H2,1-9H3,(H2,91,100)(H,92,101)(H,93,103)(H,94,106)(H,95,104)(H,96,105)/t58-,59-,67-,68?,69+,70?,74+,75-,76-,77+,79+,88-,89+,90-/m1/s1.